The van der Waals surface area contributed by atoms with Crippen LogP contribution in [0.2, 0.25) is 5.02 Å². The Morgan fingerprint density at radius 3 is 2.59 bits per heavy atom. The predicted octanol–water partition coefficient (Wildman–Crippen LogP) is 4.91. The number of amides is 1. The number of hydrogen-bond acceptors (Lipinski definition) is 3. The minimum absolute atomic E-state index is 0.340. The summed E-state index contributed by atoms with van der Waals surface area (Å²) < 4.78 is 5.47. The first-order valence-electron chi connectivity index (χ1n) is 7.01. The smallest absolute Gasteiger partial charge is 0.414 e. The van der Waals surface area contributed by atoms with Crippen LogP contribution in [-0.2, 0) is 10.3 Å². The molecule has 1 aliphatic rings. The lowest BCUT2D eigenvalue weighted by Crippen LogP contribution is -2.41. The number of cyclic esters (lactones) is 1. The molecule has 0 aliphatic carbocycles. The molecular weight excluding hydrogens is 300 g/mol. The lowest BCUT2D eigenvalue weighted by atomic mass is 9.93. The van der Waals surface area contributed by atoms with Crippen LogP contribution in [0.25, 0.3) is 0 Å². The van der Waals surface area contributed by atoms with Gasteiger partial charge in [0.25, 0.3) is 0 Å². The van der Waals surface area contributed by atoms with Crippen molar-refractivity contribution < 1.29 is 9.53 Å². The van der Waals surface area contributed by atoms with E-state index in [0.29, 0.717) is 5.02 Å². The molecule has 3 rings (SSSR count). The van der Waals surface area contributed by atoms with Crippen molar-refractivity contribution in [3.05, 3.63) is 53.1 Å². The number of nitrogens with one attached hydrogen (secondary N) is 1. The highest BCUT2D eigenvalue weighted by molar-refractivity contribution is 6.30. The van der Waals surface area contributed by atoms with E-state index in [1.165, 1.54) is 4.90 Å². The van der Waals surface area contributed by atoms with Gasteiger partial charge in [-0.2, -0.15) is 0 Å². The molecule has 1 amide bonds. The first-order valence-corrected chi connectivity index (χ1v) is 7.38. The van der Waals surface area contributed by atoms with Gasteiger partial charge in [-0.05, 0) is 50.2 Å². The van der Waals surface area contributed by atoms with E-state index in [1.54, 1.807) is 7.05 Å². The summed E-state index contributed by atoms with van der Waals surface area (Å²) in [5.74, 6) is 0. The maximum atomic E-state index is 11.9. The summed E-state index contributed by atoms with van der Waals surface area (Å²) in [5.41, 5.74) is 2.98. The summed E-state index contributed by atoms with van der Waals surface area (Å²) in [6.07, 6.45) is -0.340. The lowest BCUT2D eigenvalue weighted by Gasteiger charge is -2.37. The van der Waals surface area contributed by atoms with E-state index >= 15 is 0 Å². The summed E-state index contributed by atoms with van der Waals surface area (Å²) in [6, 6.07) is 13.4. The van der Waals surface area contributed by atoms with Crippen molar-refractivity contribution in [1.29, 1.82) is 0 Å². The van der Waals surface area contributed by atoms with E-state index in [0.717, 1.165) is 22.6 Å². The standard InChI is InChI=1S/C17H17ClN2O2/c1-17(2)14-10-13(19-12-6-4-5-11(18)9-12)7-8-15(14)20(3)16(21)22-17/h4-10,19H,1-3H3. The van der Waals surface area contributed by atoms with Crippen molar-refractivity contribution in [2.24, 2.45) is 0 Å². The second-order valence-electron chi connectivity index (χ2n) is 5.80. The number of nitrogens with zero attached hydrogens (tertiary/aromatic N) is 1. The zero-order valence-electron chi connectivity index (χ0n) is 12.7. The summed E-state index contributed by atoms with van der Waals surface area (Å²) in [6.45, 7) is 3.78. The van der Waals surface area contributed by atoms with Crippen molar-refractivity contribution in [1.82, 2.24) is 0 Å². The van der Waals surface area contributed by atoms with Gasteiger partial charge in [-0.15, -0.1) is 0 Å². The molecule has 0 aromatic heterocycles. The Morgan fingerprint density at radius 2 is 1.86 bits per heavy atom. The Kier molecular flexibility index (Phi) is 3.49. The fourth-order valence-electron chi connectivity index (χ4n) is 2.56. The highest BCUT2D eigenvalue weighted by Crippen LogP contribution is 2.39. The first kappa shape index (κ1) is 14.7. The molecule has 22 heavy (non-hydrogen) atoms. The van der Waals surface area contributed by atoms with Gasteiger partial charge in [-0.25, -0.2) is 4.79 Å². The Morgan fingerprint density at radius 1 is 1.14 bits per heavy atom. The second kappa shape index (κ2) is 5.21. The number of ether oxygens (including phenoxy) is 1. The van der Waals surface area contributed by atoms with Gasteiger partial charge in [0.1, 0.15) is 5.60 Å². The molecule has 4 nitrogen and oxygen atoms in total. The number of fused-ring (bicyclic) bond motifs is 1. The van der Waals surface area contributed by atoms with E-state index in [-0.39, 0.29) is 6.09 Å². The minimum atomic E-state index is -0.662. The van der Waals surface area contributed by atoms with Gasteiger partial charge in [-0.3, -0.25) is 4.90 Å². The molecule has 1 aliphatic heterocycles. The van der Waals surface area contributed by atoms with Crippen LogP contribution in [0.5, 0.6) is 0 Å². The minimum Gasteiger partial charge on any atom is -0.438 e. The van der Waals surface area contributed by atoms with Gasteiger partial charge in [0.15, 0.2) is 0 Å². The van der Waals surface area contributed by atoms with Gasteiger partial charge in [0, 0.05) is 29.0 Å². The van der Waals surface area contributed by atoms with E-state index in [4.69, 9.17) is 16.3 Å². The molecular formula is C17H17ClN2O2. The molecule has 2 aromatic carbocycles. The highest BCUT2D eigenvalue weighted by Gasteiger charge is 2.36. The zero-order valence-corrected chi connectivity index (χ0v) is 13.4. The summed E-state index contributed by atoms with van der Waals surface area (Å²) >= 11 is 6.00. The third-order valence-electron chi connectivity index (χ3n) is 3.74. The lowest BCUT2D eigenvalue weighted by molar-refractivity contribution is 0.0362. The fraction of sp³-hybridized carbons (Fsp3) is 0.235. The number of benzene rings is 2. The molecule has 2 aromatic rings. The summed E-state index contributed by atoms with van der Waals surface area (Å²) in [5, 5.41) is 3.99. The van der Waals surface area contributed by atoms with Crippen LogP contribution in [0.1, 0.15) is 19.4 Å². The van der Waals surface area contributed by atoms with Gasteiger partial charge >= 0.3 is 6.09 Å². The zero-order chi connectivity index (χ0) is 15.9. The van der Waals surface area contributed by atoms with E-state index < -0.39 is 5.60 Å². The van der Waals surface area contributed by atoms with E-state index in [9.17, 15) is 4.79 Å². The molecule has 0 fully saturated rings. The Balaban J connectivity index is 1.98. The van der Waals surface area contributed by atoms with Crippen molar-refractivity contribution in [2.75, 3.05) is 17.3 Å². The second-order valence-corrected chi connectivity index (χ2v) is 6.24. The molecule has 114 valence electrons. The quantitative estimate of drug-likeness (QED) is 0.856. The Hall–Kier alpha value is -2.20. The molecule has 1 heterocycles. The molecule has 0 saturated carbocycles. The van der Waals surface area contributed by atoms with Gasteiger partial charge < -0.3 is 10.1 Å². The van der Waals surface area contributed by atoms with Crippen molar-refractivity contribution in [3.8, 4) is 0 Å². The molecule has 0 unspecified atom stereocenters. The molecule has 0 spiro atoms. The summed E-state index contributed by atoms with van der Waals surface area (Å²) in [7, 11) is 1.71. The third kappa shape index (κ3) is 2.62. The normalized spacial score (nSPS) is 16.0. The highest BCUT2D eigenvalue weighted by atomic mass is 35.5. The first-order chi connectivity index (χ1) is 10.4. The molecule has 0 saturated heterocycles. The topological polar surface area (TPSA) is 41.6 Å². The average Bonchev–Trinajstić information content (AvgIpc) is 2.45. The van der Waals surface area contributed by atoms with Crippen LogP contribution in [0.3, 0.4) is 0 Å². The summed E-state index contributed by atoms with van der Waals surface area (Å²) in [4.78, 5) is 13.4. The van der Waals surface area contributed by atoms with Gasteiger partial charge in [0.2, 0.25) is 0 Å². The monoisotopic (exact) mass is 316 g/mol. The number of carbonyl (C=O) groups excluding carboxylic acids is 1. The van der Waals surface area contributed by atoms with Crippen molar-refractivity contribution in [2.45, 2.75) is 19.4 Å². The third-order valence-corrected chi connectivity index (χ3v) is 3.97. The van der Waals surface area contributed by atoms with Crippen LogP contribution < -0.4 is 10.2 Å². The van der Waals surface area contributed by atoms with Crippen LogP contribution in [0.15, 0.2) is 42.5 Å². The molecule has 0 bridgehead atoms. The predicted molar refractivity (Wildman–Crippen MR) is 89.1 cm³/mol. The molecule has 1 N–H and O–H groups in total. The van der Waals surface area contributed by atoms with Gasteiger partial charge in [0.05, 0.1) is 5.69 Å². The maximum absolute atomic E-state index is 11.9. The largest absolute Gasteiger partial charge is 0.438 e. The van der Waals surface area contributed by atoms with E-state index in [1.807, 2.05) is 56.3 Å². The van der Waals surface area contributed by atoms with Crippen LogP contribution in [0, 0.1) is 0 Å². The van der Waals surface area contributed by atoms with Crippen LogP contribution in [-0.4, -0.2) is 13.1 Å². The van der Waals surface area contributed by atoms with Gasteiger partial charge in [-0.1, -0.05) is 17.7 Å². The van der Waals surface area contributed by atoms with E-state index in [2.05, 4.69) is 5.32 Å². The van der Waals surface area contributed by atoms with Crippen molar-refractivity contribution >= 4 is 34.8 Å². The Bertz CT molecular complexity index is 743. The SMILES string of the molecule is CN1C(=O)OC(C)(C)c2cc(Nc3cccc(Cl)c3)ccc21. The molecule has 0 radical (unpaired) electrons. The fourth-order valence-corrected chi connectivity index (χ4v) is 2.75. The number of hydrogen-bond donors (Lipinski definition) is 1. The number of anilines is 3. The number of rotatable bonds is 2. The van der Waals surface area contributed by atoms with Crippen LogP contribution >= 0.6 is 11.6 Å². The molecule has 5 heteroatoms. The number of halogens is 1. The number of carbonyl (C=O) groups is 1. The van der Waals surface area contributed by atoms with Crippen LogP contribution in [0.4, 0.5) is 21.9 Å². The average molecular weight is 317 g/mol. The molecule has 0 atom stereocenters. The van der Waals surface area contributed by atoms with Crippen molar-refractivity contribution in [3.63, 3.8) is 0 Å². The maximum Gasteiger partial charge on any atom is 0.414 e. The Labute approximate surface area is 134 Å².